The average molecular weight is 255 g/mol. The second-order valence-corrected chi connectivity index (χ2v) is 3.88. The van der Waals surface area contributed by atoms with Crippen LogP contribution in [0.2, 0.25) is 0 Å². The molecule has 0 aliphatic rings. The molecule has 4 nitrogen and oxygen atoms in total. The Labute approximate surface area is 111 Å². The fraction of sp³-hybridized carbons (Fsp3) is 0.200. The topological polar surface area (TPSA) is 59.3 Å². The predicted octanol–water partition coefficient (Wildman–Crippen LogP) is 3.58. The number of nitriles is 1. The lowest BCUT2D eigenvalue weighted by Gasteiger charge is -2.13. The van der Waals surface area contributed by atoms with E-state index in [4.69, 9.17) is 9.47 Å². The van der Waals surface area contributed by atoms with Crippen LogP contribution in [0.15, 0.2) is 42.5 Å². The summed E-state index contributed by atoms with van der Waals surface area (Å²) in [4.78, 5) is 11.3. The maximum Gasteiger partial charge on any atom is 0.509 e. The van der Waals surface area contributed by atoms with Crippen LogP contribution in [-0.4, -0.2) is 12.8 Å². The Morgan fingerprint density at radius 2 is 2.00 bits per heavy atom. The molecule has 1 atom stereocenters. The summed E-state index contributed by atoms with van der Waals surface area (Å²) in [5.74, 6) is 0. The van der Waals surface area contributed by atoms with Crippen LogP contribution in [0.4, 0.5) is 4.79 Å². The second kappa shape index (κ2) is 5.87. The third-order valence-corrected chi connectivity index (χ3v) is 2.70. The van der Waals surface area contributed by atoms with Crippen molar-refractivity contribution in [1.29, 1.82) is 5.26 Å². The molecular weight excluding hydrogens is 242 g/mol. The minimum atomic E-state index is -0.967. The maximum atomic E-state index is 11.3. The van der Waals surface area contributed by atoms with Crippen LogP contribution in [0.25, 0.3) is 10.8 Å². The number of carbonyl (C=O) groups is 1. The van der Waals surface area contributed by atoms with Crippen molar-refractivity contribution in [3.05, 3.63) is 48.0 Å². The molecule has 0 saturated heterocycles. The van der Waals surface area contributed by atoms with Crippen molar-refractivity contribution in [2.45, 2.75) is 13.0 Å². The molecule has 2 rings (SSSR count). The molecule has 4 heteroatoms. The van der Waals surface area contributed by atoms with Gasteiger partial charge in [-0.15, -0.1) is 0 Å². The molecule has 1 unspecified atom stereocenters. The third kappa shape index (κ3) is 2.83. The molecule has 19 heavy (non-hydrogen) atoms. The van der Waals surface area contributed by atoms with Crippen LogP contribution in [0.1, 0.15) is 18.6 Å². The highest BCUT2D eigenvalue weighted by Gasteiger charge is 2.18. The molecule has 0 bridgehead atoms. The normalized spacial score (nSPS) is 11.6. The largest absolute Gasteiger partial charge is 0.509 e. The lowest BCUT2D eigenvalue weighted by molar-refractivity contribution is 0.0425. The maximum absolute atomic E-state index is 11.3. The third-order valence-electron chi connectivity index (χ3n) is 2.70. The molecule has 2 aromatic carbocycles. The zero-order valence-corrected chi connectivity index (χ0v) is 10.5. The van der Waals surface area contributed by atoms with Gasteiger partial charge in [0.05, 0.1) is 6.61 Å². The molecule has 0 saturated carbocycles. The van der Waals surface area contributed by atoms with Gasteiger partial charge in [0.2, 0.25) is 6.10 Å². The van der Waals surface area contributed by atoms with Gasteiger partial charge in [-0.3, -0.25) is 0 Å². The first kappa shape index (κ1) is 12.9. The quantitative estimate of drug-likeness (QED) is 0.786. The Hall–Kier alpha value is -2.54. The lowest BCUT2D eigenvalue weighted by atomic mass is 10.0. The summed E-state index contributed by atoms with van der Waals surface area (Å²) in [6.45, 7) is 1.90. The van der Waals surface area contributed by atoms with Crippen LogP contribution in [0, 0.1) is 11.3 Å². The first-order chi connectivity index (χ1) is 9.26. The van der Waals surface area contributed by atoms with E-state index in [0.717, 1.165) is 10.8 Å². The monoisotopic (exact) mass is 255 g/mol. The Morgan fingerprint density at radius 3 is 2.74 bits per heavy atom. The Morgan fingerprint density at radius 1 is 1.26 bits per heavy atom. The predicted molar refractivity (Wildman–Crippen MR) is 70.4 cm³/mol. The van der Waals surface area contributed by atoms with Gasteiger partial charge in [0.25, 0.3) is 0 Å². The van der Waals surface area contributed by atoms with E-state index in [-0.39, 0.29) is 6.61 Å². The molecule has 96 valence electrons. The van der Waals surface area contributed by atoms with E-state index in [1.807, 2.05) is 42.5 Å². The SMILES string of the molecule is CCOC(=O)OC(C#N)c1cccc2ccccc12. The summed E-state index contributed by atoms with van der Waals surface area (Å²) in [5.41, 5.74) is 0.661. The van der Waals surface area contributed by atoms with Gasteiger partial charge >= 0.3 is 6.16 Å². The van der Waals surface area contributed by atoms with Gasteiger partial charge < -0.3 is 9.47 Å². The minimum absolute atomic E-state index is 0.215. The summed E-state index contributed by atoms with van der Waals surface area (Å²) in [6, 6.07) is 15.2. The zero-order valence-electron chi connectivity index (χ0n) is 10.5. The Kier molecular flexibility index (Phi) is 3.99. The Balaban J connectivity index is 2.36. The van der Waals surface area contributed by atoms with Crippen LogP contribution < -0.4 is 0 Å². The second-order valence-electron chi connectivity index (χ2n) is 3.88. The minimum Gasteiger partial charge on any atom is -0.435 e. The molecule has 0 fully saturated rings. The van der Waals surface area contributed by atoms with E-state index in [1.54, 1.807) is 13.0 Å². The molecule has 0 aliphatic heterocycles. The van der Waals surface area contributed by atoms with Gasteiger partial charge in [0.15, 0.2) is 0 Å². The molecule has 0 amide bonds. The van der Waals surface area contributed by atoms with Gasteiger partial charge in [0.1, 0.15) is 6.07 Å². The number of hydrogen-bond donors (Lipinski definition) is 0. The number of rotatable bonds is 3. The fourth-order valence-corrected chi connectivity index (χ4v) is 1.89. The lowest BCUT2D eigenvalue weighted by Crippen LogP contribution is -2.11. The summed E-state index contributed by atoms with van der Waals surface area (Å²) < 4.78 is 9.71. The first-order valence-electron chi connectivity index (χ1n) is 5.97. The summed E-state index contributed by atoms with van der Waals surface area (Å²) in [5, 5.41) is 11.1. The van der Waals surface area contributed by atoms with Crippen LogP contribution in [-0.2, 0) is 9.47 Å². The van der Waals surface area contributed by atoms with Gasteiger partial charge in [0, 0.05) is 5.56 Å². The molecule has 0 aliphatic carbocycles. The van der Waals surface area contributed by atoms with Crippen molar-refractivity contribution in [1.82, 2.24) is 0 Å². The Bertz CT molecular complexity index is 625. The van der Waals surface area contributed by atoms with Crippen molar-refractivity contribution < 1.29 is 14.3 Å². The van der Waals surface area contributed by atoms with E-state index in [1.165, 1.54) is 0 Å². The van der Waals surface area contributed by atoms with Crippen molar-refractivity contribution in [3.63, 3.8) is 0 Å². The average Bonchev–Trinajstić information content (AvgIpc) is 2.44. The van der Waals surface area contributed by atoms with E-state index >= 15 is 0 Å². The number of fused-ring (bicyclic) bond motifs is 1. The molecular formula is C15H13NO3. The number of ether oxygens (including phenoxy) is 2. The highest BCUT2D eigenvalue weighted by Crippen LogP contribution is 2.26. The standard InChI is InChI=1S/C15H13NO3/c1-2-18-15(17)19-14(10-16)13-9-5-7-11-6-3-4-8-12(11)13/h3-9,14H,2H2,1H3. The fourth-order valence-electron chi connectivity index (χ4n) is 1.89. The van der Waals surface area contributed by atoms with E-state index in [9.17, 15) is 10.1 Å². The van der Waals surface area contributed by atoms with Gasteiger partial charge in [-0.1, -0.05) is 42.5 Å². The molecule has 0 heterocycles. The zero-order chi connectivity index (χ0) is 13.7. The number of nitrogens with zero attached hydrogens (tertiary/aromatic N) is 1. The van der Waals surface area contributed by atoms with Crippen molar-refractivity contribution in [3.8, 4) is 6.07 Å². The molecule has 0 spiro atoms. The van der Waals surface area contributed by atoms with Gasteiger partial charge in [-0.25, -0.2) is 4.79 Å². The summed E-state index contributed by atoms with van der Waals surface area (Å²) in [7, 11) is 0. The number of carbonyl (C=O) groups excluding carboxylic acids is 1. The highest BCUT2D eigenvalue weighted by molar-refractivity contribution is 5.86. The van der Waals surface area contributed by atoms with E-state index in [0.29, 0.717) is 5.56 Å². The van der Waals surface area contributed by atoms with Gasteiger partial charge in [-0.05, 0) is 17.7 Å². The van der Waals surface area contributed by atoms with Crippen molar-refractivity contribution in [2.75, 3.05) is 6.61 Å². The summed E-state index contributed by atoms with van der Waals surface area (Å²) >= 11 is 0. The highest BCUT2D eigenvalue weighted by atomic mass is 16.7. The molecule has 2 aromatic rings. The van der Waals surface area contributed by atoms with Crippen LogP contribution in [0.5, 0.6) is 0 Å². The van der Waals surface area contributed by atoms with E-state index in [2.05, 4.69) is 0 Å². The molecule has 0 aromatic heterocycles. The smallest absolute Gasteiger partial charge is 0.435 e. The van der Waals surface area contributed by atoms with Gasteiger partial charge in [-0.2, -0.15) is 5.26 Å². The molecule has 0 radical (unpaired) electrons. The van der Waals surface area contributed by atoms with Crippen molar-refractivity contribution in [2.24, 2.45) is 0 Å². The first-order valence-corrected chi connectivity index (χ1v) is 5.97. The van der Waals surface area contributed by atoms with Crippen molar-refractivity contribution >= 4 is 16.9 Å². The summed E-state index contributed by atoms with van der Waals surface area (Å²) in [6.07, 6.45) is -1.80. The number of hydrogen-bond acceptors (Lipinski definition) is 4. The van der Waals surface area contributed by atoms with E-state index < -0.39 is 12.3 Å². The number of benzene rings is 2. The van der Waals surface area contributed by atoms with Crippen LogP contribution >= 0.6 is 0 Å². The van der Waals surface area contributed by atoms with Crippen LogP contribution in [0.3, 0.4) is 0 Å². The molecule has 0 N–H and O–H groups in total.